The van der Waals surface area contributed by atoms with Gasteiger partial charge in [-0.2, -0.15) is 0 Å². The molecule has 0 aromatic heterocycles. The maximum absolute atomic E-state index is 13.3. The van der Waals surface area contributed by atoms with Crippen LogP contribution in [0.2, 0.25) is 0 Å². The van der Waals surface area contributed by atoms with Gasteiger partial charge in [0, 0.05) is 31.6 Å². The summed E-state index contributed by atoms with van der Waals surface area (Å²) in [5, 5.41) is 0. The van der Waals surface area contributed by atoms with Crippen LogP contribution in [0.3, 0.4) is 0 Å². The first kappa shape index (κ1) is 24.2. The molecule has 1 saturated heterocycles. The standard InChI is InChI=1S/C24H37FN2O3/c1-6-27(22(18(4)5)15-19-7-9-21(25)10-8-19)23(28)20-11-13-26(14-12-20)24(29)30-16-17(2)3/h7-10,17-18,20,22H,6,11-16H2,1-5H3. The summed E-state index contributed by atoms with van der Waals surface area (Å²) in [5.41, 5.74) is 1.03. The summed E-state index contributed by atoms with van der Waals surface area (Å²) in [6.07, 6.45) is 1.75. The van der Waals surface area contributed by atoms with E-state index in [2.05, 4.69) is 13.8 Å². The topological polar surface area (TPSA) is 49.9 Å². The van der Waals surface area contributed by atoms with Crippen LogP contribution in [-0.2, 0) is 16.0 Å². The molecule has 0 aliphatic carbocycles. The predicted molar refractivity (Wildman–Crippen MR) is 117 cm³/mol. The van der Waals surface area contributed by atoms with E-state index in [1.165, 1.54) is 12.1 Å². The minimum Gasteiger partial charge on any atom is -0.449 e. The average molecular weight is 421 g/mol. The van der Waals surface area contributed by atoms with Crippen molar-refractivity contribution in [1.82, 2.24) is 9.80 Å². The van der Waals surface area contributed by atoms with Crippen LogP contribution in [0.5, 0.6) is 0 Å². The lowest BCUT2D eigenvalue weighted by Crippen LogP contribution is -2.50. The molecule has 1 aliphatic heterocycles. The van der Waals surface area contributed by atoms with E-state index in [0.29, 0.717) is 51.4 Å². The second-order valence-electron chi connectivity index (χ2n) is 9.00. The predicted octanol–water partition coefficient (Wildman–Crippen LogP) is 4.75. The molecule has 1 unspecified atom stereocenters. The third-order valence-electron chi connectivity index (χ3n) is 5.79. The van der Waals surface area contributed by atoms with Crippen molar-refractivity contribution in [1.29, 1.82) is 0 Å². The van der Waals surface area contributed by atoms with Crippen LogP contribution in [0.1, 0.15) is 53.0 Å². The Morgan fingerprint density at radius 3 is 2.23 bits per heavy atom. The first-order chi connectivity index (χ1) is 14.2. The quantitative estimate of drug-likeness (QED) is 0.610. The Balaban J connectivity index is 1.98. The highest BCUT2D eigenvalue weighted by atomic mass is 19.1. The fourth-order valence-electron chi connectivity index (χ4n) is 3.99. The number of rotatable bonds is 8. The smallest absolute Gasteiger partial charge is 0.409 e. The molecule has 5 nitrogen and oxygen atoms in total. The maximum Gasteiger partial charge on any atom is 0.409 e. The van der Waals surface area contributed by atoms with Crippen LogP contribution in [-0.4, -0.2) is 54.1 Å². The summed E-state index contributed by atoms with van der Waals surface area (Å²) in [4.78, 5) is 29.2. The molecule has 30 heavy (non-hydrogen) atoms. The largest absolute Gasteiger partial charge is 0.449 e. The molecule has 0 bridgehead atoms. The molecule has 2 amide bonds. The number of hydrogen-bond acceptors (Lipinski definition) is 3. The zero-order valence-corrected chi connectivity index (χ0v) is 19.1. The molecule has 1 aromatic carbocycles. The second-order valence-corrected chi connectivity index (χ2v) is 9.00. The lowest BCUT2D eigenvalue weighted by atomic mass is 9.90. The molecule has 1 fully saturated rings. The van der Waals surface area contributed by atoms with Crippen LogP contribution in [0.15, 0.2) is 24.3 Å². The zero-order valence-electron chi connectivity index (χ0n) is 19.1. The molecule has 168 valence electrons. The van der Waals surface area contributed by atoms with Crippen molar-refractivity contribution < 1.29 is 18.7 Å². The van der Waals surface area contributed by atoms with Gasteiger partial charge in [0.15, 0.2) is 0 Å². The van der Waals surface area contributed by atoms with Crippen LogP contribution in [0.4, 0.5) is 9.18 Å². The first-order valence-electron chi connectivity index (χ1n) is 11.2. The average Bonchev–Trinajstić information content (AvgIpc) is 2.73. The van der Waals surface area contributed by atoms with Gasteiger partial charge in [-0.3, -0.25) is 4.79 Å². The second kappa shape index (κ2) is 11.3. The normalized spacial score (nSPS) is 16.1. The van der Waals surface area contributed by atoms with Crippen molar-refractivity contribution in [3.05, 3.63) is 35.6 Å². The summed E-state index contributed by atoms with van der Waals surface area (Å²) in [6.45, 7) is 12.4. The van der Waals surface area contributed by atoms with Gasteiger partial charge in [0.05, 0.1) is 6.61 Å². The Morgan fingerprint density at radius 2 is 1.73 bits per heavy atom. The molecule has 6 heteroatoms. The molecule has 1 aliphatic rings. The van der Waals surface area contributed by atoms with Crippen molar-refractivity contribution in [3.8, 4) is 0 Å². The van der Waals surface area contributed by atoms with Crippen molar-refractivity contribution in [2.24, 2.45) is 17.8 Å². The Hall–Kier alpha value is -2.11. The minimum atomic E-state index is -0.279. The van der Waals surface area contributed by atoms with Gasteiger partial charge in [-0.1, -0.05) is 39.8 Å². The summed E-state index contributed by atoms with van der Waals surface area (Å²) in [7, 11) is 0. The number of amides is 2. The Labute approximate surface area is 180 Å². The van der Waals surface area contributed by atoms with Gasteiger partial charge in [0.25, 0.3) is 0 Å². The summed E-state index contributed by atoms with van der Waals surface area (Å²) < 4.78 is 18.6. The van der Waals surface area contributed by atoms with E-state index in [1.54, 1.807) is 17.0 Å². The molecule has 1 aromatic rings. The van der Waals surface area contributed by atoms with E-state index in [9.17, 15) is 14.0 Å². The van der Waals surface area contributed by atoms with E-state index in [-0.39, 0.29) is 35.7 Å². The monoisotopic (exact) mass is 420 g/mol. The van der Waals surface area contributed by atoms with E-state index >= 15 is 0 Å². The Morgan fingerprint density at radius 1 is 1.13 bits per heavy atom. The number of benzene rings is 1. The van der Waals surface area contributed by atoms with E-state index in [0.717, 1.165) is 5.56 Å². The lowest BCUT2D eigenvalue weighted by Gasteiger charge is -2.38. The number of halogens is 1. The molecule has 2 rings (SSSR count). The van der Waals surface area contributed by atoms with Gasteiger partial charge in [0.2, 0.25) is 5.91 Å². The number of piperidine rings is 1. The Bertz CT molecular complexity index is 682. The van der Waals surface area contributed by atoms with Gasteiger partial charge >= 0.3 is 6.09 Å². The van der Waals surface area contributed by atoms with Crippen LogP contribution in [0, 0.1) is 23.6 Å². The molecular weight excluding hydrogens is 383 g/mol. The van der Waals surface area contributed by atoms with Crippen LogP contribution in [0.25, 0.3) is 0 Å². The van der Waals surface area contributed by atoms with Gasteiger partial charge in [-0.25, -0.2) is 9.18 Å². The SMILES string of the molecule is CCN(C(=O)C1CCN(C(=O)OCC(C)C)CC1)C(Cc1ccc(F)cc1)C(C)C. The number of ether oxygens (including phenoxy) is 1. The first-order valence-corrected chi connectivity index (χ1v) is 11.2. The molecule has 0 saturated carbocycles. The number of hydrogen-bond donors (Lipinski definition) is 0. The highest BCUT2D eigenvalue weighted by molar-refractivity contribution is 5.79. The molecule has 1 atom stereocenters. The molecule has 0 N–H and O–H groups in total. The summed E-state index contributed by atoms with van der Waals surface area (Å²) >= 11 is 0. The van der Waals surface area contributed by atoms with Crippen molar-refractivity contribution in [2.75, 3.05) is 26.2 Å². The fraction of sp³-hybridized carbons (Fsp3) is 0.667. The van der Waals surface area contributed by atoms with Crippen LogP contribution >= 0.6 is 0 Å². The number of carbonyl (C=O) groups excluding carboxylic acids is 2. The zero-order chi connectivity index (χ0) is 22.3. The number of nitrogens with zero attached hydrogens (tertiary/aromatic N) is 2. The maximum atomic E-state index is 13.3. The van der Waals surface area contributed by atoms with Crippen molar-refractivity contribution in [3.63, 3.8) is 0 Å². The third kappa shape index (κ3) is 6.71. The molecule has 0 radical (unpaired) electrons. The number of likely N-dealkylation sites (tertiary alicyclic amines) is 1. The minimum absolute atomic E-state index is 0.0574. The number of likely N-dealkylation sites (N-methyl/N-ethyl adjacent to an activating group) is 1. The number of carbonyl (C=O) groups is 2. The Kier molecular flexibility index (Phi) is 9.12. The van der Waals surface area contributed by atoms with Gasteiger partial charge < -0.3 is 14.5 Å². The molecular formula is C24H37FN2O3. The molecule has 0 spiro atoms. The summed E-state index contributed by atoms with van der Waals surface area (Å²) in [6, 6.07) is 6.59. The van der Waals surface area contributed by atoms with E-state index in [1.807, 2.05) is 25.7 Å². The van der Waals surface area contributed by atoms with E-state index in [4.69, 9.17) is 4.74 Å². The van der Waals surface area contributed by atoms with Gasteiger partial charge in [0.1, 0.15) is 5.82 Å². The van der Waals surface area contributed by atoms with Gasteiger partial charge in [-0.05, 0) is 55.7 Å². The highest BCUT2D eigenvalue weighted by Crippen LogP contribution is 2.25. The van der Waals surface area contributed by atoms with E-state index < -0.39 is 0 Å². The highest BCUT2D eigenvalue weighted by Gasteiger charge is 2.34. The van der Waals surface area contributed by atoms with Crippen LogP contribution < -0.4 is 0 Å². The third-order valence-corrected chi connectivity index (χ3v) is 5.79. The van der Waals surface area contributed by atoms with Crippen molar-refractivity contribution >= 4 is 12.0 Å². The molecule has 1 heterocycles. The van der Waals surface area contributed by atoms with Crippen molar-refractivity contribution in [2.45, 2.75) is 59.9 Å². The lowest BCUT2D eigenvalue weighted by molar-refractivity contribution is -0.140. The summed E-state index contributed by atoms with van der Waals surface area (Å²) in [5.74, 6) is 0.425. The fourth-order valence-corrected chi connectivity index (χ4v) is 3.99. The van der Waals surface area contributed by atoms with Gasteiger partial charge in [-0.15, -0.1) is 0 Å².